The molecule has 0 bridgehead atoms. The second kappa shape index (κ2) is 7.19. The molecule has 2 heterocycles. The first kappa shape index (κ1) is 18.6. The van der Waals surface area contributed by atoms with Crippen molar-refractivity contribution in [2.45, 2.75) is 52.0 Å². The summed E-state index contributed by atoms with van der Waals surface area (Å²) in [5, 5.41) is 9.69. The van der Waals surface area contributed by atoms with Crippen LogP contribution in [0.1, 0.15) is 43.0 Å². The molecule has 2 aromatic heterocycles. The molecule has 3 rings (SSSR count). The predicted octanol–water partition coefficient (Wildman–Crippen LogP) is 1.97. The zero-order valence-electron chi connectivity index (χ0n) is 15.2. The Balaban J connectivity index is 1.79. The molecule has 26 heavy (non-hydrogen) atoms. The molecule has 1 aliphatic rings. The number of aromatic nitrogens is 2. The quantitative estimate of drug-likeness (QED) is 0.829. The molecule has 2 N–H and O–H groups in total. The smallest absolute Gasteiger partial charge is 0.326 e. The fourth-order valence-corrected chi connectivity index (χ4v) is 4.70. The lowest BCUT2D eigenvalue weighted by atomic mass is 9.89. The number of aryl methyl sites for hydroxylation is 2. The van der Waals surface area contributed by atoms with E-state index >= 15 is 0 Å². The average Bonchev–Trinajstić information content (AvgIpc) is 2.95. The number of carbonyl (C=O) groups excluding carboxylic acids is 1. The standard InChI is InChI=1S/C18H23N3O4S/c1-9-4-5-11-12(8-9)26-17-15(11)16(23)19-13(20-17)6-7-14(22)21(3)10(2)18(24)25/h9-10H,4-8H2,1-3H3,(H,24,25)(H,19,20,23). The molecule has 0 aromatic carbocycles. The summed E-state index contributed by atoms with van der Waals surface area (Å²) in [5.74, 6) is -0.244. The Kier molecular flexibility index (Phi) is 5.13. The van der Waals surface area contributed by atoms with E-state index in [0.29, 0.717) is 17.1 Å². The van der Waals surface area contributed by atoms with Crippen molar-refractivity contribution >= 4 is 33.4 Å². The molecule has 2 aromatic rings. The summed E-state index contributed by atoms with van der Waals surface area (Å²) < 4.78 is 0. The molecule has 2 unspecified atom stereocenters. The Hall–Kier alpha value is -2.22. The molecule has 0 aliphatic heterocycles. The Morgan fingerprint density at radius 2 is 2.19 bits per heavy atom. The molecule has 1 amide bonds. The average molecular weight is 377 g/mol. The van der Waals surface area contributed by atoms with Gasteiger partial charge in [0.15, 0.2) is 0 Å². The molecular formula is C18H23N3O4S. The van der Waals surface area contributed by atoms with Gasteiger partial charge in [-0.15, -0.1) is 11.3 Å². The van der Waals surface area contributed by atoms with E-state index in [1.54, 1.807) is 11.3 Å². The molecular weight excluding hydrogens is 354 g/mol. The van der Waals surface area contributed by atoms with E-state index in [1.165, 1.54) is 23.7 Å². The summed E-state index contributed by atoms with van der Waals surface area (Å²) in [6, 6.07) is -0.886. The fourth-order valence-electron chi connectivity index (χ4n) is 3.30. The van der Waals surface area contributed by atoms with Crippen LogP contribution in [0.15, 0.2) is 4.79 Å². The molecule has 0 saturated carbocycles. The van der Waals surface area contributed by atoms with Crippen molar-refractivity contribution < 1.29 is 14.7 Å². The van der Waals surface area contributed by atoms with Crippen molar-refractivity contribution in [3.05, 3.63) is 26.6 Å². The lowest BCUT2D eigenvalue weighted by Crippen LogP contribution is -2.40. The SMILES string of the molecule is CC1CCc2c(sc3nc(CCC(=O)N(C)C(C)C(=O)O)[nH]c(=O)c23)C1. The highest BCUT2D eigenvalue weighted by Crippen LogP contribution is 2.35. The number of fused-ring (bicyclic) bond motifs is 3. The van der Waals surface area contributed by atoms with Crippen LogP contribution in [-0.2, 0) is 28.9 Å². The van der Waals surface area contributed by atoms with Crippen molar-refractivity contribution in [2.24, 2.45) is 5.92 Å². The third-order valence-electron chi connectivity index (χ3n) is 5.12. The Bertz CT molecular complexity index is 917. The number of amides is 1. The number of thiophene rings is 1. The normalized spacial score (nSPS) is 17.7. The van der Waals surface area contributed by atoms with Crippen LogP contribution in [0.2, 0.25) is 0 Å². The first-order valence-electron chi connectivity index (χ1n) is 8.79. The number of aliphatic carboxylic acids is 1. The van der Waals surface area contributed by atoms with Crippen LogP contribution < -0.4 is 5.56 Å². The lowest BCUT2D eigenvalue weighted by molar-refractivity contribution is -0.148. The van der Waals surface area contributed by atoms with Gasteiger partial charge >= 0.3 is 5.97 Å². The summed E-state index contributed by atoms with van der Waals surface area (Å²) in [5.41, 5.74) is 0.992. The van der Waals surface area contributed by atoms with Gasteiger partial charge in [-0.05, 0) is 37.7 Å². The van der Waals surface area contributed by atoms with Gasteiger partial charge in [0.1, 0.15) is 16.7 Å². The van der Waals surface area contributed by atoms with Crippen LogP contribution in [0.3, 0.4) is 0 Å². The van der Waals surface area contributed by atoms with Crippen LogP contribution in [-0.4, -0.2) is 44.9 Å². The number of nitrogens with zero attached hydrogens (tertiary/aromatic N) is 2. The maximum Gasteiger partial charge on any atom is 0.326 e. The number of nitrogens with one attached hydrogen (secondary N) is 1. The van der Waals surface area contributed by atoms with E-state index in [9.17, 15) is 14.4 Å². The number of likely N-dealkylation sites (N-methyl/N-ethyl adjacent to an activating group) is 1. The van der Waals surface area contributed by atoms with E-state index in [0.717, 1.165) is 29.7 Å². The highest BCUT2D eigenvalue weighted by atomic mass is 32.1. The first-order chi connectivity index (χ1) is 12.3. The summed E-state index contributed by atoms with van der Waals surface area (Å²) in [6.07, 6.45) is 3.37. The van der Waals surface area contributed by atoms with Gasteiger partial charge in [0.05, 0.1) is 5.39 Å². The van der Waals surface area contributed by atoms with Gasteiger partial charge in [-0.1, -0.05) is 6.92 Å². The second-order valence-corrected chi connectivity index (χ2v) is 8.15. The number of carboxylic acid groups (broad SMARTS) is 1. The number of hydrogen-bond donors (Lipinski definition) is 2. The Morgan fingerprint density at radius 3 is 2.88 bits per heavy atom. The largest absolute Gasteiger partial charge is 0.480 e. The van der Waals surface area contributed by atoms with Crippen LogP contribution in [0.4, 0.5) is 0 Å². The van der Waals surface area contributed by atoms with Crippen LogP contribution in [0.25, 0.3) is 10.2 Å². The highest BCUT2D eigenvalue weighted by molar-refractivity contribution is 7.18. The minimum atomic E-state index is -1.05. The molecule has 2 atom stereocenters. The third-order valence-corrected chi connectivity index (χ3v) is 6.27. The van der Waals surface area contributed by atoms with Crippen molar-refractivity contribution in [3.8, 4) is 0 Å². The number of hydrogen-bond acceptors (Lipinski definition) is 5. The molecule has 7 nitrogen and oxygen atoms in total. The zero-order valence-corrected chi connectivity index (χ0v) is 16.0. The summed E-state index contributed by atoms with van der Waals surface area (Å²) in [4.78, 5) is 46.2. The second-order valence-electron chi connectivity index (χ2n) is 7.06. The van der Waals surface area contributed by atoms with Crippen LogP contribution in [0, 0.1) is 5.92 Å². The molecule has 0 saturated heterocycles. The molecule has 1 aliphatic carbocycles. The maximum atomic E-state index is 12.5. The van der Waals surface area contributed by atoms with Crippen LogP contribution >= 0.6 is 11.3 Å². The molecule has 140 valence electrons. The van der Waals surface area contributed by atoms with Crippen LogP contribution in [0.5, 0.6) is 0 Å². The predicted molar refractivity (Wildman–Crippen MR) is 99.6 cm³/mol. The molecule has 0 spiro atoms. The fraction of sp³-hybridized carbons (Fsp3) is 0.556. The number of H-pyrrole nitrogens is 1. The Morgan fingerprint density at radius 1 is 1.46 bits per heavy atom. The van der Waals surface area contributed by atoms with E-state index in [2.05, 4.69) is 16.9 Å². The van der Waals surface area contributed by atoms with Gasteiger partial charge in [0, 0.05) is 24.8 Å². The highest BCUT2D eigenvalue weighted by Gasteiger charge is 2.24. The lowest BCUT2D eigenvalue weighted by Gasteiger charge is -2.21. The maximum absolute atomic E-state index is 12.5. The monoisotopic (exact) mass is 377 g/mol. The van der Waals surface area contributed by atoms with E-state index < -0.39 is 12.0 Å². The van der Waals surface area contributed by atoms with Gasteiger partial charge in [-0.2, -0.15) is 0 Å². The molecule has 0 radical (unpaired) electrons. The summed E-state index contributed by atoms with van der Waals surface area (Å²) in [6.45, 7) is 3.68. The minimum absolute atomic E-state index is 0.102. The number of rotatable bonds is 5. The number of carboxylic acids is 1. The summed E-state index contributed by atoms with van der Waals surface area (Å²) >= 11 is 1.58. The molecule has 0 fully saturated rings. The zero-order chi connectivity index (χ0) is 19.0. The third kappa shape index (κ3) is 3.51. The van der Waals surface area contributed by atoms with E-state index in [-0.39, 0.29) is 24.3 Å². The van der Waals surface area contributed by atoms with Crippen molar-refractivity contribution in [1.29, 1.82) is 0 Å². The van der Waals surface area contributed by atoms with Gasteiger partial charge in [0.25, 0.3) is 5.56 Å². The van der Waals surface area contributed by atoms with Gasteiger partial charge in [0.2, 0.25) is 5.91 Å². The minimum Gasteiger partial charge on any atom is -0.480 e. The first-order valence-corrected chi connectivity index (χ1v) is 9.61. The molecule has 8 heteroatoms. The topological polar surface area (TPSA) is 103 Å². The van der Waals surface area contributed by atoms with E-state index in [1.807, 2.05) is 0 Å². The van der Waals surface area contributed by atoms with Crippen molar-refractivity contribution in [3.63, 3.8) is 0 Å². The van der Waals surface area contributed by atoms with E-state index in [4.69, 9.17) is 5.11 Å². The van der Waals surface area contributed by atoms with Gasteiger partial charge in [-0.3, -0.25) is 9.59 Å². The Labute approximate surface area is 155 Å². The van der Waals surface area contributed by atoms with Gasteiger partial charge < -0.3 is 15.0 Å². The van der Waals surface area contributed by atoms with Gasteiger partial charge in [-0.25, -0.2) is 9.78 Å². The number of aromatic amines is 1. The summed E-state index contributed by atoms with van der Waals surface area (Å²) in [7, 11) is 1.47. The van der Waals surface area contributed by atoms with Crippen molar-refractivity contribution in [2.75, 3.05) is 7.05 Å². The number of carbonyl (C=O) groups is 2. The van der Waals surface area contributed by atoms with Crippen molar-refractivity contribution in [1.82, 2.24) is 14.9 Å².